The molecular weight excluding hydrogens is 256 g/mol. The Bertz CT molecular complexity index is 567. The minimum Gasteiger partial charge on any atom is -0.293 e. The number of carbonyl (C=O) groups is 1. The van der Waals surface area contributed by atoms with Crippen molar-refractivity contribution in [3.05, 3.63) is 51.0 Å². The predicted octanol–water partition coefficient (Wildman–Crippen LogP) is 3.46. The topological polar surface area (TPSA) is 30.0 Å². The molecule has 94 valence electrons. The van der Waals surface area contributed by atoms with Gasteiger partial charge in [-0.15, -0.1) is 11.3 Å². The highest BCUT2D eigenvalue weighted by atomic mass is 32.1. The third-order valence-corrected chi connectivity index (χ3v) is 3.70. The number of rotatable bonds is 3. The Balaban J connectivity index is 2.27. The Morgan fingerprint density at radius 3 is 2.39 bits per heavy atom. The highest BCUT2D eigenvalue weighted by Crippen LogP contribution is 2.20. The summed E-state index contributed by atoms with van der Waals surface area (Å²) >= 11 is 1.37. The van der Waals surface area contributed by atoms with Crippen LogP contribution in [0.4, 0.5) is 8.78 Å². The van der Waals surface area contributed by atoms with Crippen LogP contribution in [0.25, 0.3) is 0 Å². The van der Waals surface area contributed by atoms with E-state index >= 15 is 0 Å². The van der Waals surface area contributed by atoms with Gasteiger partial charge in [0.25, 0.3) is 0 Å². The molecule has 0 aliphatic heterocycles. The molecule has 0 aliphatic carbocycles. The van der Waals surface area contributed by atoms with Crippen LogP contribution in [0.15, 0.2) is 18.2 Å². The van der Waals surface area contributed by atoms with Crippen LogP contribution >= 0.6 is 11.3 Å². The second-order valence-electron chi connectivity index (χ2n) is 3.95. The van der Waals surface area contributed by atoms with E-state index in [2.05, 4.69) is 4.98 Å². The monoisotopic (exact) mass is 267 g/mol. The standard InChI is InChI=1S/C13H11F2NOS/c1-7-8(2)18-12(16-7)6-11(17)13-9(14)4-3-5-10(13)15/h3-5H,6H2,1-2H3. The molecule has 0 bridgehead atoms. The van der Waals surface area contributed by atoms with E-state index in [4.69, 9.17) is 0 Å². The van der Waals surface area contributed by atoms with Crippen LogP contribution in [0.3, 0.4) is 0 Å². The lowest BCUT2D eigenvalue weighted by molar-refractivity contribution is 0.0985. The molecule has 0 radical (unpaired) electrons. The Labute approximate surface area is 107 Å². The van der Waals surface area contributed by atoms with Gasteiger partial charge < -0.3 is 0 Å². The van der Waals surface area contributed by atoms with E-state index in [1.807, 2.05) is 13.8 Å². The SMILES string of the molecule is Cc1nc(CC(=O)c2c(F)cccc2F)sc1C. The van der Waals surface area contributed by atoms with Crippen molar-refractivity contribution in [3.8, 4) is 0 Å². The molecule has 1 aromatic heterocycles. The lowest BCUT2D eigenvalue weighted by atomic mass is 10.1. The molecule has 0 spiro atoms. The van der Waals surface area contributed by atoms with Gasteiger partial charge in [-0.25, -0.2) is 13.8 Å². The fourth-order valence-electron chi connectivity index (χ4n) is 1.60. The van der Waals surface area contributed by atoms with Crippen LogP contribution in [0.5, 0.6) is 0 Å². The van der Waals surface area contributed by atoms with E-state index in [1.54, 1.807) is 0 Å². The van der Waals surface area contributed by atoms with E-state index in [0.29, 0.717) is 5.01 Å². The van der Waals surface area contributed by atoms with Gasteiger partial charge >= 0.3 is 0 Å². The van der Waals surface area contributed by atoms with Crippen molar-refractivity contribution >= 4 is 17.1 Å². The molecule has 0 aliphatic rings. The first-order valence-electron chi connectivity index (χ1n) is 5.39. The molecule has 1 aromatic carbocycles. The highest BCUT2D eigenvalue weighted by Gasteiger charge is 2.18. The predicted molar refractivity (Wildman–Crippen MR) is 66.0 cm³/mol. The third-order valence-electron chi connectivity index (χ3n) is 2.63. The van der Waals surface area contributed by atoms with Gasteiger partial charge in [-0.3, -0.25) is 4.79 Å². The molecule has 2 nitrogen and oxygen atoms in total. The summed E-state index contributed by atoms with van der Waals surface area (Å²) in [6.07, 6.45) is -0.0722. The van der Waals surface area contributed by atoms with Gasteiger partial charge in [0.1, 0.15) is 16.6 Å². The number of halogens is 2. The first-order chi connectivity index (χ1) is 8.49. The van der Waals surface area contributed by atoms with Crippen molar-refractivity contribution < 1.29 is 13.6 Å². The zero-order valence-corrected chi connectivity index (χ0v) is 10.8. The highest BCUT2D eigenvalue weighted by molar-refractivity contribution is 7.11. The minimum atomic E-state index is -0.829. The average Bonchev–Trinajstić information content (AvgIpc) is 2.57. The van der Waals surface area contributed by atoms with E-state index in [9.17, 15) is 13.6 Å². The summed E-state index contributed by atoms with van der Waals surface area (Å²) in [5.74, 6) is -2.24. The number of benzene rings is 1. The molecule has 0 atom stereocenters. The van der Waals surface area contributed by atoms with Gasteiger partial charge in [-0.1, -0.05) is 6.07 Å². The first kappa shape index (κ1) is 12.8. The summed E-state index contributed by atoms with van der Waals surface area (Å²) in [6, 6.07) is 3.39. The Hall–Kier alpha value is -1.62. The van der Waals surface area contributed by atoms with Gasteiger partial charge in [-0.2, -0.15) is 0 Å². The number of Topliss-reactive ketones (excluding diaryl/α,β-unsaturated/α-hetero) is 1. The fourth-order valence-corrected chi connectivity index (χ4v) is 2.54. The van der Waals surface area contributed by atoms with Crippen LogP contribution in [0, 0.1) is 25.5 Å². The molecule has 0 unspecified atom stereocenters. The van der Waals surface area contributed by atoms with Crippen LogP contribution in [-0.4, -0.2) is 10.8 Å². The minimum absolute atomic E-state index is 0.0722. The number of nitrogens with zero attached hydrogens (tertiary/aromatic N) is 1. The average molecular weight is 267 g/mol. The molecule has 18 heavy (non-hydrogen) atoms. The molecule has 2 rings (SSSR count). The summed E-state index contributed by atoms with van der Waals surface area (Å²) in [5, 5.41) is 0.581. The Kier molecular flexibility index (Phi) is 3.52. The second-order valence-corrected chi connectivity index (χ2v) is 5.23. The molecule has 0 saturated carbocycles. The van der Waals surface area contributed by atoms with Crippen molar-refractivity contribution in [3.63, 3.8) is 0 Å². The molecule has 0 fully saturated rings. The maximum absolute atomic E-state index is 13.4. The van der Waals surface area contributed by atoms with E-state index in [1.165, 1.54) is 17.4 Å². The Morgan fingerprint density at radius 1 is 1.28 bits per heavy atom. The summed E-state index contributed by atoms with van der Waals surface area (Å²) in [4.78, 5) is 17.1. The maximum Gasteiger partial charge on any atom is 0.175 e. The maximum atomic E-state index is 13.4. The van der Waals surface area contributed by atoms with Gasteiger partial charge in [0, 0.05) is 4.88 Å². The van der Waals surface area contributed by atoms with Crippen molar-refractivity contribution in [2.75, 3.05) is 0 Å². The molecule has 0 saturated heterocycles. The zero-order valence-electron chi connectivity index (χ0n) is 9.96. The number of thiazole rings is 1. The first-order valence-corrected chi connectivity index (χ1v) is 6.21. The quantitative estimate of drug-likeness (QED) is 0.797. The fraction of sp³-hybridized carbons (Fsp3) is 0.231. The van der Waals surface area contributed by atoms with Crippen LogP contribution in [0.2, 0.25) is 0 Å². The van der Waals surface area contributed by atoms with Gasteiger partial charge in [0.15, 0.2) is 5.78 Å². The van der Waals surface area contributed by atoms with Gasteiger partial charge in [0.05, 0.1) is 17.7 Å². The lowest BCUT2D eigenvalue weighted by Crippen LogP contribution is -2.08. The molecule has 1 heterocycles. The molecule has 0 amide bonds. The van der Waals surface area contributed by atoms with Gasteiger partial charge in [0.2, 0.25) is 0 Å². The second kappa shape index (κ2) is 4.94. The number of hydrogen-bond donors (Lipinski definition) is 0. The molecule has 5 heteroatoms. The van der Waals surface area contributed by atoms with Crippen molar-refractivity contribution in [2.24, 2.45) is 0 Å². The number of hydrogen-bond acceptors (Lipinski definition) is 3. The largest absolute Gasteiger partial charge is 0.293 e. The summed E-state index contributed by atoms with van der Waals surface area (Å²) in [5.41, 5.74) is 0.361. The van der Waals surface area contributed by atoms with E-state index < -0.39 is 23.0 Å². The third kappa shape index (κ3) is 2.46. The van der Waals surface area contributed by atoms with Crippen LogP contribution in [-0.2, 0) is 6.42 Å². The van der Waals surface area contributed by atoms with Crippen molar-refractivity contribution in [2.45, 2.75) is 20.3 Å². The molecule has 2 aromatic rings. The number of aryl methyl sites for hydroxylation is 2. The zero-order chi connectivity index (χ0) is 13.3. The number of ketones is 1. The lowest BCUT2D eigenvalue weighted by Gasteiger charge is -2.02. The molecular formula is C13H11F2NOS. The summed E-state index contributed by atoms with van der Waals surface area (Å²) in [6.45, 7) is 3.73. The smallest absolute Gasteiger partial charge is 0.175 e. The van der Waals surface area contributed by atoms with Crippen molar-refractivity contribution in [1.82, 2.24) is 4.98 Å². The number of carbonyl (C=O) groups excluding carboxylic acids is 1. The van der Waals surface area contributed by atoms with Crippen molar-refractivity contribution in [1.29, 1.82) is 0 Å². The number of aromatic nitrogens is 1. The van der Waals surface area contributed by atoms with Crippen LogP contribution in [0.1, 0.15) is 25.9 Å². The van der Waals surface area contributed by atoms with E-state index in [-0.39, 0.29) is 6.42 Å². The Morgan fingerprint density at radius 2 is 1.89 bits per heavy atom. The summed E-state index contributed by atoms with van der Waals surface area (Å²) in [7, 11) is 0. The molecule has 0 N–H and O–H groups in total. The van der Waals surface area contributed by atoms with E-state index in [0.717, 1.165) is 22.7 Å². The van der Waals surface area contributed by atoms with Crippen LogP contribution < -0.4 is 0 Å². The summed E-state index contributed by atoms with van der Waals surface area (Å²) < 4.78 is 26.8. The normalized spacial score (nSPS) is 10.7. The van der Waals surface area contributed by atoms with Gasteiger partial charge in [-0.05, 0) is 26.0 Å².